The van der Waals surface area contributed by atoms with Crippen LogP contribution in [-0.2, 0) is 33.6 Å². The minimum Gasteiger partial charge on any atom is -1.00 e. The molecule has 4 heterocycles. The first-order chi connectivity index (χ1) is 29.8. The predicted molar refractivity (Wildman–Crippen MR) is 244 cm³/mol. The molecule has 8 nitrogen and oxygen atoms in total. The van der Waals surface area contributed by atoms with Crippen molar-refractivity contribution in [3.63, 3.8) is 0 Å². The zero-order valence-corrected chi connectivity index (χ0v) is 45.0. The average molecular weight is 1300 g/mol. The van der Waals surface area contributed by atoms with Gasteiger partial charge < -0.3 is 95.9 Å². The van der Waals surface area contributed by atoms with Gasteiger partial charge in [-0.1, -0.05) is 48.5 Å². The molecule has 0 aliphatic heterocycles. The number of aliphatic imine (C=N–C) groups is 4. The molecule has 0 fully saturated rings. The zero-order chi connectivity index (χ0) is 42.0. The molecule has 0 unspecified atom stereocenters. The molecule has 0 N–H and O–H groups in total. The van der Waals surface area contributed by atoms with Crippen LogP contribution in [0.3, 0.4) is 0 Å². The molecule has 0 saturated heterocycles. The Morgan fingerprint density at radius 2 is 0.446 bits per heavy atom. The lowest BCUT2D eigenvalue weighted by atomic mass is 9.65. The van der Waals surface area contributed by atoms with Crippen LogP contribution in [0.25, 0.3) is 0 Å². The van der Waals surface area contributed by atoms with E-state index in [-0.39, 0.29) is 95.9 Å². The van der Waals surface area contributed by atoms with E-state index in [1.54, 1.807) is 0 Å². The van der Waals surface area contributed by atoms with E-state index in [0.29, 0.717) is 0 Å². The fourth-order valence-electron chi connectivity index (χ4n) is 7.18. The molecule has 4 aromatic carbocycles. The number of halogens is 4. The molecule has 8 rings (SSSR count). The van der Waals surface area contributed by atoms with Crippen molar-refractivity contribution in [1.82, 2.24) is 0 Å². The van der Waals surface area contributed by atoms with Gasteiger partial charge in [-0.2, -0.15) is 0 Å². The largest absolute Gasteiger partial charge is 1.00 e. The van der Waals surface area contributed by atoms with E-state index >= 15 is 0 Å². The summed E-state index contributed by atoms with van der Waals surface area (Å²) >= 11 is 0. The standard InChI is InChI=1S/C53H48N8.4HI/c1-58-29-21-41(22-30-58)37-54-49-13-5-45(6-14-49)53(46-7-15-50(16-8-46)55-38-42-23-31-59(2)32-24-42,47-9-17-51(18-10-47)56-39-43-25-33-60(3)34-26-43)48-11-19-52(20-12-48)57-40-44-27-35-61(4)36-28-44;;;;/h5-40H,1-4H3;4*1H/q+4;;;;/p-4. The third-order valence-electron chi connectivity index (χ3n) is 10.7. The molecule has 0 aliphatic carbocycles. The summed E-state index contributed by atoms with van der Waals surface area (Å²) in [5, 5.41) is 0. The average Bonchev–Trinajstić information content (AvgIpc) is 3.30. The Balaban J connectivity index is 0.00000231. The zero-order valence-electron chi connectivity index (χ0n) is 36.4. The lowest BCUT2D eigenvalue weighted by molar-refractivity contribution is -0.671. The van der Waals surface area contributed by atoms with Crippen LogP contribution in [0.1, 0.15) is 44.5 Å². The molecule has 4 aromatic heterocycles. The number of hydrogen-bond acceptors (Lipinski definition) is 4. The molecule has 328 valence electrons. The summed E-state index contributed by atoms with van der Waals surface area (Å²) in [5.74, 6) is 0. The number of hydrogen-bond donors (Lipinski definition) is 0. The first-order valence-corrected chi connectivity index (χ1v) is 20.2. The van der Waals surface area contributed by atoms with Crippen molar-refractivity contribution in [2.24, 2.45) is 48.2 Å². The number of aromatic nitrogens is 4. The first kappa shape index (κ1) is 52.7. The highest BCUT2D eigenvalue weighted by Gasteiger charge is 2.38. The quantitative estimate of drug-likeness (QED) is 0.0527. The van der Waals surface area contributed by atoms with Crippen molar-refractivity contribution in [3.05, 3.63) is 240 Å². The maximum absolute atomic E-state index is 4.85. The van der Waals surface area contributed by atoms with Gasteiger partial charge in [-0.3, -0.25) is 20.0 Å². The summed E-state index contributed by atoms with van der Waals surface area (Å²) in [6.45, 7) is 0. The van der Waals surface area contributed by atoms with E-state index in [4.69, 9.17) is 20.0 Å². The van der Waals surface area contributed by atoms with Crippen LogP contribution in [0.5, 0.6) is 0 Å². The molecule has 0 radical (unpaired) electrons. The van der Waals surface area contributed by atoms with Crippen LogP contribution >= 0.6 is 0 Å². The van der Waals surface area contributed by atoms with Gasteiger partial charge in [-0.15, -0.1) is 0 Å². The van der Waals surface area contributed by atoms with E-state index in [1.165, 1.54) is 0 Å². The van der Waals surface area contributed by atoms with Crippen LogP contribution in [0.15, 0.2) is 215 Å². The number of nitrogens with zero attached hydrogens (tertiary/aromatic N) is 8. The second kappa shape index (κ2) is 25.1. The number of aryl methyl sites for hydroxylation is 4. The van der Waals surface area contributed by atoms with E-state index < -0.39 is 5.41 Å². The second-order valence-corrected chi connectivity index (χ2v) is 15.2. The highest BCUT2D eigenvalue weighted by atomic mass is 127. The van der Waals surface area contributed by atoms with Crippen molar-refractivity contribution < 1.29 is 114 Å². The molecule has 0 atom stereocenters. The lowest BCUT2D eigenvalue weighted by Gasteiger charge is -2.37. The van der Waals surface area contributed by atoms with Crippen LogP contribution < -0.4 is 114 Å². The topological polar surface area (TPSA) is 65.0 Å². The third kappa shape index (κ3) is 13.6. The number of rotatable bonds is 12. The lowest BCUT2D eigenvalue weighted by Crippen LogP contribution is -3.00. The molecule has 0 amide bonds. The molecule has 0 spiro atoms. The Labute approximate surface area is 450 Å². The highest BCUT2D eigenvalue weighted by Crippen LogP contribution is 2.46. The molecule has 0 aliphatic rings. The monoisotopic (exact) mass is 1300 g/mol. The minimum absolute atomic E-state index is 0. The van der Waals surface area contributed by atoms with E-state index in [0.717, 1.165) is 67.3 Å². The molecule has 8 aromatic rings. The summed E-state index contributed by atoms with van der Waals surface area (Å²) < 4.78 is 8.05. The molecule has 65 heavy (non-hydrogen) atoms. The first-order valence-electron chi connectivity index (χ1n) is 20.2. The Kier molecular flexibility index (Phi) is 20.4. The Hall–Kier alpha value is -4.92. The van der Waals surface area contributed by atoms with Gasteiger partial charge >= 0.3 is 0 Å². The van der Waals surface area contributed by atoms with Gasteiger partial charge in [0.15, 0.2) is 49.6 Å². The van der Waals surface area contributed by atoms with Gasteiger partial charge in [0.05, 0.1) is 28.2 Å². The van der Waals surface area contributed by atoms with E-state index in [9.17, 15) is 0 Å². The van der Waals surface area contributed by atoms with Gasteiger partial charge in [-0.05, 0) is 70.8 Å². The molecule has 12 heteroatoms. The maximum atomic E-state index is 4.85. The van der Waals surface area contributed by atoms with Crippen molar-refractivity contribution in [2.75, 3.05) is 0 Å². The van der Waals surface area contributed by atoms with E-state index in [1.807, 2.05) is 121 Å². The molecular weight excluding hydrogens is 1260 g/mol. The third-order valence-corrected chi connectivity index (χ3v) is 10.7. The molecule has 0 bridgehead atoms. The van der Waals surface area contributed by atoms with Crippen LogP contribution in [0.2, 0.25) is 0 Å². The summed E-state index contributed by atoms with van der Waals surface area (Å²) in [6, 6.07) is 50.8. The molecular formula is C53H48I4N8. The van der Waals surface area contributed by atoms with E-state index in [2.05, 4.69) is 146 Å². The normalized spacial score (nSPS) is 12.0. The fourth-order valence-corrected chi connectivity index (χ4v) is 7.18. The smallest absolute Gasteiger partial charge is 0.169 e. The Morgan fingerprint density at radius 3 is 0.615 bits per heavy atom. The summed E-state index contributed by atoms with van der Waals surface area (Å²) in [6.07, 6.45) is 23.8. The maximum Gasteiger partial charge on any atom is 0.169 e. The van der Waals surface area contributed by atoms with Gasteiger partial charge in [0.1, 0.15) is 28.2 Å². The fraction of sp³-hybridized carbons (Fsp3) is 0.0943. The summed E-state index contributed by atoms with van der Waals surface area (Å²) in [5.41, 5.74) is 11.2. The van der Waals surface area contributed by atoms with Crippen molar-refractivity contribution in [1.29, 1.82) is 0 Å². The number of pyridine rings is 4. The number of benzene rings is 4. The summed E-state index contributed by atoms with van der Waals surface area (Å²) in [7, 11) is 8.03. The van der Waals surface area contributed by atoms with Gasteiger partial charge in [0.25, 0.3) is 0 Å². The predicted octanol–water partition coefficient (Wildman–Crippen LogP) is -3.61. The van der Waals surface area contributed by atoms with Crippen molar-refractivity contribution in [2.45, 2.75) is 5.41 Å². The van der Waals surface area contributed by atoms with Crippen LogP contribution in [0.4, 0.5) is 22.7 Å². The highest BCUT2D eigenvalue weighted by molar-refractivity contribution is 5.83. The Morgan fingerprint density at radius 1 is 0.277 bits per heavy atom. The van der Waals surface area contributed by atoms with Gasteiger partial charge in [0.2, 0.25) is 0 Å². The summed E-state index contributed by atoms with van der Waals surface area (Å²) in [4.78, 5) is 19.4. The van der Waals surface area contributed by atoms with Gasteiger partial charge in [-0.25, -0.2) is 18.3 Å². The SMILES string of the molecule is C[n+]1ccc(C=Nc2ccc(C(c3ccc(N=Cc4cc[n+](C)cc4)cc3)(c3ccc(N=Cc4cc[n+](C)cc4)cc3)c3ccc(N=Cc4cc[n+](C)cc4)cc3)cc2)cc1.[I-].[I-].[I-].[I-]. The molecule has 0 saturated carbocycles. The second-order valence-electron chi connectivity index (χ2n) is 15.2. The van der Waals surface area contributed by atoms with Crippen LogP contribution in [0, 0.1) is 0 Å². The van der Waals surface area contributed by atoms with Crippen molar-refractivity contribution in [3.8, 4) is 0 Å². The van der Waals surface area contributed by atoms with Crippen molar-refractivity contribution >= 4 is 47.6 Å². The Bertz CT molecular complexity index is 2430. The van der Waals surface area contributed by atoms with Gasteiger partial charge in [0, 0.05) is 95.6 Å². The van der Waals surface area contributed by atoms with Crippen LogP contribution in [-0.4, -0.2) is 24.9 Å². The minimum atomic E-state index is -0.736.